The zero-order chi connectivity index (χ0) is 14.1. The summed E-state index contributed by atoms with van der Waals surface area (Å²) in [5.74, 6) is 0.0759. The van der Waals surface area contributed by atoms with Crippen molar-refractivity contribution in [2.45, 2.75) is 52.5 Å². The lowest BCUT2D eigenvalue weighted by Gasteiger charge is -2.38. The number of nitrogens with one attached hydrogen (secondary N) is 1. The van der Waals surface area contributed by atoms with E-state index < -0.39 is 0 Å². The van der Waals surface area contributed by atoms with Gasteiger partial charge in [0.2, 0.25) is 5.91 Å². The number of nitrogens with zero attached hydrogens (tertiary/aromatic N) is 2. The van der Waals surface area contributed by atoms with E-state index in [1.807, 2.05) is 0 Å². The third-order valence-electron chi connectivity index (χ3n) is 3.90. The van der Waals surface area contributed by atoms with E-state index in [0.29, 0.717) is 0 Å². The van der Waals surface area contributed by atoms with Gasteiger partial charge >= 0.3 is 0 Å². The van der Waals surface area contributed by atoms with Gasteiger partial charge in [-0.05, 0) is 51.9 Å². The molecule has 1 fully saturated rings. The van der Waals surface area contributed by atoms with Crippen molar-refractivity contribution in [3.8, 4) is 0 Å². The Morgan fingerprint density at radius 1 is 1.21 bits per heavy atom. The van der Waals surface area contributed by atoms with Crippen LogP contribution in [0.1, 0.15) is 46.5 Å². The molecule has 112 valence electrons. The zero-order valence-electron chi connectivity index (χ0n) is 13.0. The van der Waals surface area contributed by atoms with Crippen molar-refractivity contribution in [1.82, 2.24) is 15.1 Å². The number of piperidine rings is 1. The molecule has 4 nitrogen and oxygen atoms in total. The second-order valence-corrected chi connectivity index (χ2v) is 5.59. The van der Waals surface area contributed by atoms with Crippen molar-refractivity contribution >= 4 is 5.91 Å². The van der Waals surface area contributed by atoms with E-state index in [4.69, 9.17) is 0 Å². The molecule has 0 aromatic rings. The molecule has 1 rings (SSSR count). The average Bonchev–Trinajstić information content (AvgIpc) is 2.39. The Balaban J connectivity index is 2.24. The number of amides is 1. The Labute approximate surface area is 118 Å². The van der Waals surface area contributed by atoms with Gasteiger partial charge in [0, 0.05) is 26.1 Å². The summed E-state index contributed by atoms with van der Waals surface area (Å²) in [5.41, 5.74) is 0. The van der Waals surface area contributed by atoms with Crippen LogP contribution in [-0.2, 0) is 4.79 Å². The van der Waals surface area contributed by atoms with Gasteiger partial charge in [0.1, 0.15) is 0 Å². The molecular weight excluding hydrogens is 238 g/mol. The lowest BCUT2D eigenvalue weighted by atomic mass is 10.0. The molecule has 0 saturated carbocycles. The standard InChI is InChI=1S/C15H31N3O/c1-4-9-18(10-5-2)15-6-11-17(12-7-15)13-8-16-14(3)19/h15H,4-13H2,1-3H3,(H,16,19). The number of carbonyl (C=O) groups is 1. The SMILES string of the molecule is CCCN(CCC)C1CCN(CCNC(C)=O)CC1. The fourth-order valence-corrected chi connectivity index (χ4v) is 2.95. The summed E-state index contributed by atoms with van der Waals surface area (Å²) in [6.07, 6.45) is 5.06. The maximum Gasteiger partial charge on any atom is 0.216 e. The third-order valence-corrected chi connectivity index (χ3v) is 3.90. The first kappa shape index (κ1) is 16.4. The summed E-state index contributed by atoms with van der Waals surface area (Å²) < 4.78 is 0. The van der Waals surface area contributed by atoms with E-state index in [1.54, 1.807) is 6.92 Å². The number of rotatable bonds is 8. The topological polar surface area (TPSA) is 35.6 Å². The summed E-state index contributed by atoms with van der Waals surface area (Å²) in [7, 11) is 0. The van der Waals surface area contributed by atoms with Crippen LogP contribution < -0.4 is 5.32 Å². The molecule has 0 aromatic heterocycles. The second-order valence-electron chi connectivity index (χ2n) is 5.59. The Hall–Kier alpha value is -0.610. The molecular formula is C15H31N3O. The van der Waals surface area contributed by atoms with Crippen molar-refractivity contribution in [2.75, 3.05) is 39.3 Å². The maximum absolute atomic E-state index is 10.8. The Morgan fingerprint density at radius 3 is 2.26 bits per heavy atom. The van der Waals surface area contributed by atoms with Crippen molar-refractivity contribution < 1.29 is 4.79 Å². The van der Waals surface area contributed by atoms with Crippen LogP contribution in [0.25, 0.3) is 0 Å². The van der Waals surface area contributed by atoms with Gasteiger partial charge in [0.05, 0.1) is 0 Å². The highest BCUT2D eigenvalue weighted by Gasteiger charge is 2.23. The molecule has 19 heavy (non-hydrogen) atoms. The highest BCUT2D eigenvalue weighted by atomic mass is 16.1. The quantitative estimate of drug-likeness (QED) is 0.728. The highest BCUT2D eigenvalue weighted by molar-refractivity contribution is 5.72. The zero-order valence-corrected chi connectivity index (χ0v) is 13.0. The van der Waals surface area contributed by atoms with Gasteiger partial charge in [-0.2, -0.15) is 0 Å². The van der Waals surface area contributed by atoms with Gasteiger partial charge < -0.3 is 15.1 Å². The van der Waals surface area contributed by atoms with Crippen LogP contribution in [0.2, 0.25) is 0 Å². The van der Waals surface area contributed by atoms with Gasteiger partial charge in [-0.3, -0.25) is 4.79 Å². The fraction of sp³-hybridized carbons (Fsp3) is 0.933. The largest absolute Gasteiger partial charge is 0.355 e. The van der Waals surface area contributed by atoms with Crippen LogP contribution >= 0.6 is 0 Å². The molecule has 1 N–H and O–H groups in total. The van der Waals surface area contributed by atoms with Crippen molar-refractivity contribution in [3.63, 3.8) is 0 Å². The molecule has 0 aromatic carbocycles. The summed E-state index contributed by atoms with van der Waals surface area (Å²) in [4.78, 5) is 16.0. The molecule has 1 aliphatic heterocycles. The lowest BCUT2D eigenvalue weighted by Crippen LogP contribution is -2.47. The number of hydrogen-bond donors (Lipinski definition) is 1. The van der Waals surface area contributed by atoms with E-state index in [9.17, 15) is 4.79 Å². The molecule has 1 heterocycles. The van der Waals surface area contributed by atoms with Crippen LogP contribution in [0.15, 0.2) is 0 Å². The summed E-state index contributed by atoms with van der Waals surface area (Å²) >= 11 is 0. The minimum absolute atomic E-state index is 0.0759. The van der Waals surface area contributed by atoms with E-state index in [0.717, 1.165) is 19.1 Å². The number of hydrogen-bond acceptors (Lipinski definition) is 3. The molecule has 4 heteroatoms. The smallest absolute Gasteiger partial charge is 0.216 e. The molecule has 0 unspecified atom stereocenters. The Morgan fingerprint density at radius 2 is 1.79 bits per heavy atom. The fourth-order valence-electron chi connectivity index (χ4n) is 2.95. The van der Waals surface area contributed by atoms with Gasteiger partial charge in [-0.25, -0.2) is 0 Å². The molecule has 1 amide bonds. The van der Waals surface area contributed by atoms with E-state index >= 15 is 0 Å². The first-order valence-corrected chi connectivity index (χ1v) is 7.88. The van der Waals surface area contributed by atoms with Crippen LogP contribution in [0.3, 0.4) is 0 Å². The predicted molar refractivity (Wildman–Crippen MR) is 80.3 cm³/mol. The lowest BCUT2D eigenvalue weighted by molar-refractivity contribution is -0.119. The normalized spacial score (nSPS) is 17.9. The molecule has 0 atom stereocenters. The first-order valence-electron chi connectivity index (χ1n) is 7.88. The Kier molecular flexibility index (Phi) is 8.07. The highest BCUT2D eigenvalue weighted by Crippen LogP contribution is 2.17. The summed E-state index contributed by atoms with van der Waals surface area (Å²) in [5, 5.41) is 2.88. The molecule has 0 aliphatic carbocycles. The van der Waals surface area contributed by atoms with Gasteiger partial charge in [0.15, 0.2) is 0 Å². The van der Waals surface area contributed by atoms with E-state index in [-0.39, 0.29) is 5.91 Å². The van der Waals surface area contributed by atoms with E-state index in [1.165, 1.54) is 51.9 Å². The predicted octanol–water partition coefficient (Wildman–Crippen LogP) is 1.71. The van der Waals surface area contributed by atoms with Crippen LogP contribution in [-0.4, -0.2) is 61.0 Å². The van der Waals surface area contributed by atoms with Crippen molar-refractivity contribution in [3.05, 3.63) is 0 Å². The van der Waals surface area contributed by atoms with Gasteiger partial charge in [-0.1, -0.05) is 13.8 Å². The molecule has 0 bridgehead atoms. The van der Waals surface area contributed by atoms with Gasteiger partial charge in [0.25, 0.3) is 0 Å². The molecule has 1 aliphatic rings. The monoisotopic (exact) mass is 269 g/mol. The van der Waals surface area contributed by atoms with Crippen LogP contribution in [0, 0.1) is 0 Å². The number of carbonyl (C=O) groups excluding carboxylic acids is 1. The molecule has 0 spiro atoms. The second kappa shape index (κ2) is 9.32. The summed E-state index contributed by atoms with van der Waals surface area (Å²) in [6.45, 7) is 12.7. The average molecular weight is 269 g/mol. The minimum atomic E-state index is 0.0759. The Bertz CT molecular complexity index is 244. The van der Waals surface area contributed by atoms with Gasteiger partial charge in [-0.15, -0.1) is 0 Å². The van der Waals surface area contributed by atoms with E-state index in [2.05, 4.69) is 29.0 Å². The van der Waals surface area contributed by atoms with Crippen LogP contribution in [0.5, 0.6) is 0 Å². The maximum atomic E-state index is 10.8. The molecule has 1 saturated heterocycles. The summed E-state index contributed by atoms with van der Waals surface area (Å²) in [6, 6.07) is 0.775. The third kappa shape index (κ3) is 6.39. The number of likely N-dealkylation sites (tertiary alicyclic amines) is 1. The van der Waals surface area contributed by atoms with Crippen LogP contribution in [0.4, 0.5) is 0 Å². The first-order chi connectivity index (χ1) is 9.17. The minimum Gasteiger partial charge on any atom is -0.355 e. The van der Waals surface area contributed by atoms with Crippen molar-refractivity contribution in [1.29, 1.82) is 0 Å². The van der Waals surface area contributed by atoms with Crippen molar-refractivity contribution in [2.24, 2.45) is 0 Å². The molecule has 0 radical (unpaired) electrons.